The van der Waals surface area contributed by atoms with Crippen LogP contribution in [-0.4, -0.2) is 44.4 Å². The molecule has 3 aromatic rings. The summed E-state index contributed by atoms with van der Waals surface area (Å²) < 4.78 is 14.6. The molecule has 6 nitrogen and oxygen atoms in total. The zero-order valence-electron chi connectivity index (χ0n) is 14.0. The lowest BCUT2D eigenvalue weighted by Crippen LogP contribution is -2.32. The molecule has 3 N–H and O–H groups in total. The molecular formula is C19H15ClFN3O3. The number of rotatable bonds is 4. The molecule has 138 valence electrons. The van der Waals surface area contributed by atoms with Crippen LogP contribution < -0.4 is 0 Å². The number of aliphatic hydroxyl groups is 1. The molecule has 27 heavy (non-hydrogen) atoms. The zero-order valence-corrected chi connectivity index (χ0v) is 14.7. The van der Waals surface area contributed by atoms with Crippen molar-refractivity contribution in [2.75, 3.05) is 13.2 Å². The second-order valence-corrected chi connectivity index (χ2v) is 6.60. The van der Waals surface area contributed by atoms with Crippen LogP contribution >= 0.6 is 11.6 Å². The van der Waals surface area contributed by atoms with Gasteiger partial charge in [0, 0.05) is 28.3 Å². The summed E-state index contributed by atoms with van der Waals surface area (Å²) in [5.41, 5.74) is 1.57. The Morgan fingerprint density at radius 2 is 2.04 bits per heavy atom. The van der Waals surface area contributed by atoms with Crippen molar-refractivity contribution in [3.63, 3.8) is 0 Å². The lowest BCUT2D eigenvalue weighted by atomic mass is 9.95. The highest BCUT2D eigenvalue weighted by Crippen LogP contribution is 2.45. The fourth-order valence-corrected chi connectivity index (χ4v) is 3.63. The Labute approximate surface area is 158 Å². The van der Waals surface area contributed by atoms with Gasteiger partial charge in [-0.05, 0) is 24.3 Å². The van der Waals surface area contributed by atoms with E-state index in [1.54, 1.807) is 18.2 Å². The highest BCUT2D eigenvalue weighted by Gasteiger charge is 2.43. The maximum atomic E-state index is 14.6. The van der Waals surface area contributed by atoms with Gasteiger partial charge in [-0.1, -0.05) is 29.8 Å². The second kappa shape index (κ2) is 6.68. The van der Waals surface area contributed by atoms with E-state index in [2.05, 4.69) is 10.2 Å². The van der Waals surface area contributed by atoms with E-state index in [0.717, 1.165) is 0 Å². The maximum absolute atomic E-state index is 14.6. The Bertz CT molecular complexity index is 1040. The maximum Gasteiger partial charge on any atom is 0.273 e. The van der Waals surface area contributed by atoms with Gasteiger partial charge in [0.25, 0.3) is 5.91 Å². The first kappa shape index (κ1) is 17.5. The average Bonchev–Trinajstić information content (AvgIpc) is 3.18. The third-order valence-corrected chi connectivity index (χ3v) is 4.85. The van der Waals surface area contributed by atoms with Gasteiger partial charge in [-0.3, -0.25) is 9.89 Å². The Morgan fingerprint density at radius 3 is 2.78 bits per heavy atom. The number of amides is 1. The molecule has 0 fully saturated rings. The fraction of sp³-hybridized carbons (Fsp3) is 0.158. The number of nitrogens with one attached hydrogen (secondary N) is 1. The zero-order chi connectivity index (χ0) is 19.1. The minimum atomic E-state index is -0.784. The van der Waals surface area contributed by atoms with Gasteiger partial charge in [-0.25, -0.2) is 4.39 Å². The number of aromatic hydroxyl groups is 1. The van der Waals surface area contributed by atoms with Crippen molar-refractivity contribution in [2.24, 2.45) is 0 Å². The van der Waals surface area contributed by atoms with Gasteiger partial charge in [-0.15, -0.1) is 0 Å². The van der Waals surface area contributed by atoms with Crippen LogP contribution in [0.5, 0.6) is 5.75 Å². The number of aromatic nitrogens is 2. The number of hydrogen-bond donors (Lipinski definition) is 3. The van der Waals surface area contributed by atoms with Crippen LogP contribution in [0.4, 0.5) is 4.39 Å². The number of aromatic amines is 1. The summed E-state index contributed by atoms with van der Waals surface area (Å²) in [6.45, 7) is -0.243. The molecule has 1 unspecified atom stereocenters. The van der Waals surface area contributed by atoms with Crippen LogP contribution in [0.25, 0.3) is 11.3 Å². The Hall–Kier alpha value is -2.90. The highest BCUT2D eigenvalue weighted by atomic mass is 35.5. The van der Waals surface area contributed by atoms with E-state index in [-0.39, 0.29) is 30.2 Å². The number of carbonyl (C=O) groups excluding carboxylic acids is 1. The first-order valence-electron chi connectivity index (χ1n) is 8.26. The van der Waals surface area contributed by atoms with Crippen molar-refractivity contribution in [1.29, 1.82) is 0 Å². The summed E-state index contributed by atoms with van der Waals surface area (Å²) >= 11 is 6.05. The van der Waals surface area contributed by atoms with Crippen LogP contribution in [-0.2, 0) is 0 Å². The molecule has 0 spiro atoms. The van der Waals surface area contributed by atoms with E-state index >= 15 is 0 Å². The van der Waals surface area contributed by atoms with E-state index in [9.17, 15) is 19.4 Å². The Kier molecular flexibility index (Phi) is 4.33. The molecule has 1 aliphatic rings. The van der Waals surface area contributed by atoms with Crippen molar-refractivity contribution in [3.8, 4) is 17.0 Å². The number of β-amino-alcohol motifs (C(OH)–C–C–N with tert-alkyl or cyclic N) is 1. The Morgan fingerprint density at radius 1 is 1.26 bits per heavy atom. The quantitative estimate of drug-likeness (QED) is 0.641. The fourth-order valence-electron chi connectivity index (χ4n) is 3.46. The summed E-state index contributed by atoms with van der Waals surface area (Å²) in [6.07, 6.45) is 0. The molecule has 0 saturated heterocycles. The smallest absolute Gasteiger partial charge is 0.273 e. The molecule has 0 aliphatic carbocycles. The molecule has 2 aromatic carbocycles. The normalized spacial score (nSPS) is 16.0. The van der Waals surface area contributed by atoms with Crippen molar-refractivity contribution < 1.29 is 19.4 Å². The first-order valence-corrected chi connectivity index (χ1v) is 8.64. The molecular weight excluding hydrogens is 373 g/mol. The number of phenols is 1. The lowest BCUT2D eigenvalue weighted by molar-refractivity contribution is 0.0704. The number of phenolic OH excluding ortho intramolecular Hbond substituents is 1. The largest absolute Gasteiger partial charge is 0.507 e. The molecule has 0 saturated carbocycles. The summed E-state index contributed by atoms with van der Waals surface area (Å²) in [5, 5.41) is 26.9. The minimum Gasteiger partial charge on any atom is -0.507 e. The van der Waals surface area contributed by atoms with Gasteiger partial charge in [0.2, 0.25) is 0 Å². The monoisotopic (exact) mass is 387 g/mol. The van der Waals surface area contributed by atoms with Crippen molar-refractivity contribution in [1.82, 2.24) is 15.1 Å². The topological polar surface area (TPSA) is 89.5 Å². The highest BCUT2D eigenvalue weighted by molar-refractivity contribution is 6.31. The lowest BCUT2D eigenvalue weighted by Gasteiger charge is -2.26. The average molecular weight is 388 g/mol. The first-order chi connectivity index (χ1) is 13.0. The molecule has 1 aliphatic heterocycles. The second-order valence-electron chi connectivity index (χ2n) is 6.17. The van der Waals surface area contributed by atoms with Gasteiger partial charge in [0.1, 0.15) is 23.0 Å². The van der Waals surface area contributed by atoms with E-state index in [1.807, 2.05) is 0 Å². The summed E-state index contributed by atoms with van der Waals surface area (Å²) in [6, 6.07) is 9.84. The third-order valence-electron chi connectivity index (χ3n) is 4.62. The molecule has 2 heterocycles. The number of hydrogen-bond acceptors (Lipinski definition) is 4. The number of fused-ring (bicyclic) bond motifs is 1. The standard InChI is InChI=1S/C19H15ClFN3O3/c20-10-5-6-14(26)12(9-10)16-15-17(23-22-16)19(27)24(7-8-25)18(15)11-3-1-2-4-13(11)21/h1-6,9,18,25-26H,7-8H2,(H,22,23). The summed E-state index contributed by atoms with van der Waals surface area (Å²) in [7, 11) is 0. The number of halogens is 2. The SMILES string of the molecule is O=C1c2[nH]nc(-c3cc(Cl)ccc3O)c2C(c2ccccc2F)N1CCO. The molecule has 1 atom stereocenters. The van der Waals surface area contributed by atoms with Gasteiger partial charge in [-0.2, -0.15) is 5.10 Å². The van der Waals surface area contributed by atoms with Crippen LogP contribution in [0.1, 0.15) is 27.7 Å². The van der Waals surface area contributed by atoms with Crippen LogP contribution in [0.3, 0.4) is 0 Å². The summed E-state index contributed by atoms with van der Waals surface area (Å²) in [5.74, 6) is -0.935. The molecule has 1 amide bonds. The number of H-pyrrole nitrogens is 1. The van der Waals surface area contributed by atoms with Gasteiger partial charge in [0.15, 0.2) is 0 Å². The van der Waals surface area contributed by atoms with Crippen LogP contribution in [0, 0.1) is 5.82 Å². The Balaban J connectivity index is 1.96. The van der Waals surface area contributed by atoms with Crippen molar-refractivity contribution >= 4 is 17.5 Å². The minimum absolute atomic E-state index is 0.0291. The van der Waals surface area contributed by atoms with Gasteiger partial charge >= 0.3 is 0 Å². The third kappa shape index (κ3) is 2.75. The van der Waals surface area contributed by atoms with Gasteiger partial charge in [0.05, 0.1) is 12.6 Å². The van der Waals surface area contributed by atoms with E-state index in [4.69, 9.17) is 11.6 Å². The number of nitrogens with zero attached hydrogens (tertiary/aromatic N) is 2. The predicted molar refractivity (Wildman–Crippen MR) is 97.1 cm³/mol. The molecule has 1 aromatic heterocycles. The molecule has 0 bridgehead atoms. The number of aliphatic hydroxyl groups excluding tert-OH is 1. The molecule has 8 heteroatoms. The number of benzene rings is 2. The molecule has 4 rings (SSSR count). The van der Waals surface area contributed by atoms with Gasteiger partial charge < -0.3 is 15.1 Å². The van der Waals surface area contributed by atoms with Crippen LogP contribution in [0.2, 0.25) is 5.02 Å². The van der Waals surface area contributed by atoms with Crippen LogP contribution in [0.15, 0.2) is 42.5 Å². The van der Waals surface area contributed by atoms with E-state index in [1.165, 1.54) is 29.2 Å². The van der Waals surface area contributed by atoms with E-state index in [0.29, 0.717) is 21.8 Å². The van der Waals surface area contributed by atoms with Crippen molar-refractivity contribution in [2.45, 2.75) is 6.04 Å². The predicted octanol–water partition coefficient (Wildman–Crippen LogP) is 3.11. The van der Waals surface area contributed by atoms with Crippen molar-refractivity contribution in [3.05, 3.63) is 70.1 Å². The number of carbonyl (C=O) groups is 1. The summed E-state index contributed by atoms with van der Waals surface area (Å²) in [4.78, 5) is 14.2. The van der Waals surface area contributed by atoms with E-state index < -0.39 is 17.8 Å². The molecule has 0 radical (unpaired) electrons.